The summed E-state index contributed by atoms with van der Waals surface area (Å²) >= 11 is 0. The second kappa shape index (κ2) is 5.85. The highest BCUT2D eigenvalue weighted by Gasteiger charge is 2.30. The van der Waals surface area contributed by atoms with Gasteiger partial charge in [0.2, 0.25) is 0 Å². The number of rotatable bonds is 1. The summed E-state index contributed by atoms with van der Waals surface area (Å²) in [5.74, 6) is -0.279. The summed E-state index contributed by atoms with van der Waals surface area (Å²) in [6.07, 6.45) is 2.82. The van der Waals surface area contributed by atoms with Crippen molar-refractivity contribution in [2.24, 2.45) is 5.41 Å². The fourth-order valence-electron chi connectivity index (χ4n) is 1.56. The van der Waals surface area contributed by atoms with Crippen molar-refractivity contribution in [3.05, 3.63) is 12.2 Å². The van der Waals surface area contributed by atoms with Crippen LogP contribution >= 0.6 is 0 Å². The van der Waals surface area contributed by atoms with Crippen molar-refractivity contribution < 1.29 is 19.1 Å². The largest absolute Gasteiger partial charge is 0.456 e. The van der Waals surface area contributed by atoms with Gasteiger partial charge in [0.05, 0.1) is 12.0 Å². The number of ether oxygens (including phenoxy) is 2. The molecular weight excluding hydrogens is 258 g/mol. The Balaban J connectivity index is 2.59. The van der Waals surface area contributed by atoms with E-state index < -0.39 is 23.2 Å². The Morgan fingerprint density at radius 2 is 1.75 bits per heavy atom. The minimum Gasteiger partial charge on any atom is -0.456 e. The van der Waals surface area contributed by atoms with E-state index in [9.17, 15) is 9.59 Å². The molecule has 0 spiro atoms. The van der Waals surface area contributed by atoms with Crippen LogP contribution in [0.25, 0.3) is 0 Å². The molecule has 1 amide bonds. The molecule has 114 valence electrons. The van der Waals surface area contributed by atoms with Gasteiger partial charge in [0.25, 0.3) is 0 Å². The average Bonchev–Trinajstić information content (AvgIpc) is 2.25. The number of esters is 1. The summed E-state index contributed by atoms with van der Waals surface area (Å²) in [7, 11) is 0. The number of carbonyl (C=O) groups excluding carboxylic acids is 2. The minimum atomic E-state index is -0.554. The molecule has 5 nitrogen and oxygen atoms in total. The van der Waals surface area contributed by atoms with Gasteiger partial charge in [-0.2, -0.15) is 0 Å². The Hall–Kier alpha value is -1.52. The van der Waals surface area contributed by atoms with Gasteiger partial charge in [0, 0.05) is 6.54 Å². The third-order valence-electron chi connectivity index (χ3n) is 2.60. The molecule has 0 aromatic heterocycles. The number of carbonyl (C=O) groups is 2. The van der Waals surface area contributed by atoms with Crippen molar-refractivity contribution in [2.45, 2.75) is 53.2 Å². The summed E-state index contributed by atoms with van der Waals surface area (Å²) in [6, 6.07) is 0. The Morgan fingerprint density at radius 1 is 1.15 bits per heavy atom. The molecule has 0 aromatic rings. The van der Waals surface area contributed by atoms with Gasteiger partial charge < -0.3 is 14.4 Å². The third kappa shape index (κ3) is 5.23. The summed E-state index contributed by atoms with van der Waals surface area (Å²) < 4.78 is 10.7. The summed E-state index contributed by atoms with van der Waals surface area (Å²) in [5, 5.41) is 0. The van der Waals surface area contributed by atoms with Crippen molar-refractivity contribution >= 4 is 12.1 Å². The molecule has 0 saturated heterocycles. The van der Waals surface area contributed by atoms with Gasteiger partial charge in [-0.25, -0.2) is 4.79 Å². The maximum Gasteiger partial charge on any atom is 0.410 e. The first-order chi connectivity index (χ1) is 8.99. The quantitative estimate of drug-likeness (QED) is 0.548. The molecule has 1 atom stereocenters. The van der Waals surface area contributed by atoms with Crippen molar-refractivity contribution in [1.29, 1.82) is 0 Å². The van der Waals surface area contributed by atoms with Crippen LogP contribution in [0.4, 0.5) is 4.79 Å². The SMILES string of the molecule is CC(C)(C)OC(=O)N1CC=C[C@@H](OC(=O)C(C)(C)C)C1. The molecule has 1 aliphatic heterocycles. The van der Waals surface area contributed by atoms with Crippen LogP contribution in [-0.4, -0.2) is 41.8 Å². The molecule has 0 N–H and O–H groups in total. The molecule has 1 rings (SSSR count). The van der Waals surface area contributed by atoms with E-state index in [1.165, 1.54) is 4.90 Å². The lowest BCUT2D eigenvalue weighted by Crippen LogP contribution is -2.44. The van der Waals surface area contributed by atoms with Crippen LogP contribution in [0.5, 0.6) is 0 Å². The highest BCUT2D eigenvalue weighted by atomic mass is 16.6. The van der Waals surface area contributed by atoms with Crippen LogP contribution in [0, 0.1) is 5.41 Å². The van der Waals surface area contributed by atoms with E-state index in [4.69, 9.17) is 9.47 Å². The lowest BCUT2D eigenvalue weighted by molar-refractivity contribution is -0.157. The zero-order chi connectivity index (χ0) is 15.6. The molecule has 0 radical (unpaired) electrons. The lowest BCUT2D eigenvalue weighted by atomic mass is 9.97. The number of hydrogen-bond acceptors (Lipinski definition) is 4. The topological polar surface area (TPSA) is 55.8 Å². The smallest absolute Gasteiger partial charge is 0.410 e. The van der Waals surface area contributed by atoms with Gasteiger partial charge >= 0.3 is 12.1 Å². The number of nitrogens with zero attached hydrogens (tertiary/aromatic N) is 1. The molecule has 5 heteroatoms. The van der Waals surface area contributed by atoms with E-state index >= 15 is 0 Å². The second-order valence-corrected chi connectivity index (χ2v) is 7.01. The fraction of sp³-hybridized carbons (Fsp3) is 0.733. The molecule has 0 fully saturated rings. The molecule has 20 heavy (non-hydrogen) atoms. The maximum atomic E-state index is 12.0. The maximum absolute atomic E-state index is 12.0. The molecule has 0 aromatic carbocycles. The van der Waals surface area contributed by atoms with E-state index in [1.54, 1.807) is 20.8 Å². The zero-order valence-electron chi connectivity index (χ0n) is 13.2. The van der Waals surface area contributed by atoms with Gasteiger partial charge in [-0.15, -0.1) is 0 Å². The van der Waals surface area contributed by atoms with E-state index in [1.807, 2.05) is 32.9 Å². The predicted molar refractivity (Wildman–Crippen MR) is 76.3 cm³/mol. The number of amides is 1. The van der Waals surface area contributed by atoms with E-state index in [2.05, 4.69) is 0 Å². The third-order valence-corrected chi connectivity index (χ3v) is 2.60. The summed E-state index contributed by atoms with van der Waals surface area (Å²) in [6.45, 7) is 11.7. The van der Waals surface area contributed by atoms with Crippen LogP contribution in [0.2, 0.25) is 0 Å². The monoisotopic (exact) mass is 283 g/mol. The van der Waals surface area contributed by atoms with E-state index in [0.29, 0.717) is 13.1 Å². The Kier molecular flexibility index (Phi) is 4.84. The molecule has 0 bridgehead atoms. The first-order valence-corrected chi connectivity index (χ1v) is 6.85. The molecule has 0 aliphatic carbocycles. The van der Waals surface area contributed by atoms with Crippen LogP contribution in [0.1, 0.15) is 41.5 Å². The molecule has 1 heterocycles. The van der Waals surface area contributed by atoms with Crippen molar-refractivity contribution in [3.63, 3.8) is 0 Å². The first-order valence-electron chi connectivity index (χ1n) is 6.85. The predicted octanol–water partition coefficient (Wildman–Crippen LogP) is 2.75. The van der Waals surface area contributed by atoms with Gasteiger partial charge in [-0.3, -0.25) is 4.79 Å². The molecule has 0 unspecified atom stereocenters. The standard InChI is InChI=1S/C15H25NO4/c1-14(2,3)12(17)19-11-8-7-9-16(10-11)13(18)20-15(4,5)6/h7-8,11H,9-10H2,1-6H3/t11-/m1/s1. The minimum absolute atomic E-state index is 0.279. The van der Waals surface area contributed by atoms with Gasteiger partial charge in [0.15, 0.2) is 0 Å². The summed E-state index contributed by atoms with van der Waals surface area (Å²) in [4.78, 5) is 25.4. The van der Waals surface area contributed by atoms with Crippen LogP contribution < -0.4 is 0 Å². The van der Waals surface area contributed by atoms with E-state index in [0.717, 1.165) is 0 Å². The van der Waals surface area contributed by atoms with Gasteiger partial charge in [0.1, 0.15) is 11.7 Å². The fourth-order valence-corrected chi connectivity index (χ4v) is 1.56. The summed E-state index contributed by atoms with van der Waals surface area (Å²) in [5.41, 5.74) is -1.09. The Labute approximate surface area is 120 Å². The highest BCUT2D eigenvalue weighted by Crippen LogP contribution is 2.19. The van der Waals surface area contributed by atoms with Crippen LogP contribution in [0.3, 0.4) is 0 Å². The van der Waals surface area contributed by atoms with Crippen LogP contribution in [0.15, 0.2) is 12.2 Å². The lowest BCUT2D eigenvalue weighted by Gasteiger charge is -2.31. The second-order valence-electron chi connectivity index (χ2n) is 7.01. The Morgan fingerprint density at radius 3 is 2.25 bits per heavy atom. The first kappa shape index (κ1) is 16.5. The van der Waals surface area contributed by atoms with Crippen molar-refractivity contribution in [3.8, 4) is 0 Å². The Bertz CT molecular complexity index is 401. The normalized spacial score (nSPS) is 19.7. The molecule has 0 saturated carbocycles. The van der Waals surface area contributed by atoms with Crippen molar-refractivity contribution in [2.75, 3.05) is 13.1 Å². The molecular formula is C15H25NO4. The van der Waals surface area contributed by atoms with Crippen molar-refractivity contribution in [1.82, 2.24) is 4.90 Å². The van der Waals surface area contributed by atoms with Gasteiger partial charge in [-0.05, 0) is 47.6 Å². The zero-order valence-corrected chi connectivity index (χ0v) is 13.2. The number of hydrogen-bond donors (Lipinski definition) is 0. The molecule has 1 aliphatic rings. The van der Waals surface area contributed by atoms with Gasteiger partial charge in [-0.1, -0.05) is 6.08 Å². The average molecular weight is 283 g/mol. The van der Waals surface area contributed by atoms with Crippen LogP contribution in [-0.2, 0) is 14.3 Å². The van der Waals surface area contributed by atoms with E-state index in [-0.39, 0.29) is 5.97 Å². The highest BCUT2D eigenvalue weighted by molar-refractivity contribution is 5.76.